The van der Waals surface area contributed by atoms with Crippen LogP contribution in [0.1, 0.15) is 29.4 Å². The van der Waals surface area contributed by atoms with Crippen molar-refractivity contribution in [2.75, 3.05) is 5.32 Å². The molecule has 1 rings (SSSR count). The summed E-state index contributed by atoms with van der Waals surface area (Å²) in [6.45, 7) is 7.36. The van der Waals surface area contributed by atoms with E-state index < -0.39 is 5.97 Å². The standard InChI is InChI=1S/C12H16N2O2/c1-4-5-8(2)13-11-7-6-10(12(15)16)9(3)14-11/h4,6-8H,1,5H2,2-3H3,(H,13,14)(H,15,16). The summed E-state index contributed by atoms with van der Waals surface area (Å²) in [6.07, 6.45) is 2.66. The number of nitrogens with one attached hydrogen (secondary N) is 1. The normalized spacial score (nSPS) is 11.9. The van der Waals surface area contributed by atoms with Crippen LogP contribution in [0, 0.1) is 6.92 Å². The van der Waals surface area contributed by atoms with E-state index in [4.69, 9.17) is 5.11 Å². The number of aryl methyl sites for hydroxylation is 1. The van der Waals surface area contributed by atoms with Crippen molar-refractivity contribution in [2.24, 2.45) is 0 Å². The Morgan fingerprint density at radius 3 is 2.88 bits per heavy atom. The van der Waals surface area contributed by atoms with Gasteiger partial charge in [0, 0.05) is 6.04 Å². The van der Waals surface area contributed by atoms with Crippen LogP contribution in [0.2, 0.25) is 0 Å². The van der Waals surface area contributed by atoms with E-state index in [0.717, 1.165) is 6.42 Å². The maximum atomic E-state index is 10.8. The maximum absolute atomic E-state index is 10.8. The highest BCUT2D eigenvalue weighted by atomic mass is 16.4. The number of carbonyl (C=O) groups is 1. The molecule has 0 saturated heterocycles. The van der Waals surface area contributed by atoms with Crippen molar-refractivity contribution in [1.82, 2.24) is 4.98 Å². The van der Waals surface area contributed by atoms with Gasteiger partial charge in [-0.15, -0.1) is 6.58 Å². The van der Waals surface area contributed by atoms with Crippen molar-refractivity contribution >= 4 is 11.8 Å². The molecule has 0 spiro atoms. The number of aromatic carboxylic acids is 1. The van der Waals surface area contributed by atoms with E-state index in [2.05, 4.69) is 16.9 Å². The number of carboxylic acids is 1. The lowest BCUT2D eigenvalue weighted by Gasteiger charge is -2.13. The van der Waals surface area contributed by atoms with Crippen molar-refractivity contribution in [1.29, 1.82) is 0 Å². The van der Waals surface area contributed by atoms with Gasteiger partial charge in [-0.1, -0.05) is 6.08 Å². The molecule has 0 saturated carbocycles. The fraction of sp³-hybridized carbons (Fsp3) is 0.333. The van der Waals surface area contributed by atoms with Crippen LogP contribution in [-0.4, -0.2) is 22.1 Å². The topological polar surface area (TPSA) is 62.2 Å². The number of nitrogens with zero attached hydrogens (tertiary/aromatic N) is 1. The number of aromatic nitrogens is 1. The summed E-state index contributed by atoms with van der Waals surface area (Å²) in [5.41, 5.74) is 0.755. The molecule has 1 aromatic heterocycles. The zero-order valence-electron chi connectivity index (χ0n) is 9.53. The SMILES string of the molecule is C=CCC(C)Nc1ccc(C(=O)O)c(C)n1. The first-order valence-corrected chi connectivity index (χ1v) is 5.13. The minimum atomic E-state index is -0.948. The van der Waals surface area contributed by atoms with Crippen LogP contribution in [0.3, 0.4) is 0 Å². The highest BCUT2D eigenvalue weighted by molar-refractivity contribution is 5.89. The second-order valence-corrected chi connectivity index (χ2v) is 3.70. The summed E-state index contributed by atoms with van der Waals surface area (Å²) in [5, 5.41) is 12.0. The van der Waals surface area contributed by atoms with Crippen LogP contribution in [-0.2, 0) is 0 Å². The lowest BCUT2D eigenvalue weighted by molar-refractivity contribution is 0.0695. The van der Waals surface area contributed by atoms with Crippen LogP contribution < -0.4 is 5.32 Å². The van der Waals surface area contributed by atoms with E-state index in [0.29, 0.717) is 11.5 Å². The van der Waals surface area contributed by atoms with Gasteiger partial charge < -0.3 is 10.4 Å². The summed E-state index contributed by atoms with van der Waals surface area (Å²) in [4.78, 5) is 15.0. The first-order chi connectivity index (χ1) is 7.54. The van der Waals surface area contributed by atoms with E-state index in [-0.39, 0.29) is 11.6 Å². The molecule has 4 nitrogen and oxygen atoms in total. The Balaban J connectivity index is 2.81. The summed E-state index contributed by atoms with van der Waals surface area (Å²) in [6, 6.07) is 3.48. The second-order valence-electron chi connectivity index (χ2n) is 3.70. The molecular weight excluding hydrogens is 204 g/mol. The zero-order chi connectivity index (χ0) is 12.1. The van der Waals surface area contributed by atoms with Crippen LogP contribution in [0.4, 0.5) is 5.82 Å². The minimum Gasteiger partial charge on any atom is -0.478 e. The zero-order valence-corrected chi connectivity index (χ0v) is 9.53. The minimum absolute atomic E-state index is 0.236. The van der Waals surface area contributed by atoms with Gasteiger partial charge in [0.1, 0.15) is 5.82 Å². The van der Waals surface area contributed by atoms with E-state index in [1.165, 1.54) is 0 Å². The Bertz CT molecular complexity index is 402. The summed E-state index contributed by atoms with van der Waals surface area (Å²) < 4.78 is 0. The number of hydrogen-bond acceptors (Lipinski definition) is 3. The Kier molecular flexibility index (Phi) is 4.05. The molecule has 16 heavy (non-hydrogen) atoms. The predicted molar refractivity (Wildman–Crippen MR) is 63.8 cm³/mol. The predicted octanol–water partition coefficient (Wildman–Crippen LogP) is 2.46. The van der Waals surface area contributed by atoms with Crippen LogP contribution in [0.15, 0.2) is 24.8 Å². The van der Waals surface area contributed by atoms with Gasteiger partial charge in [-0.2, -0.15) is 0 Å². The number of carboxylic acid groups (broad SMARTS) is 1. The Hall–Kier alpha value is -1.84. The van der Waals surface area contributed by atoms with Crippen molar-refractivity contribution in [3.63, 3.8) is 0 Å². The third kappa shape index (κ3) is 3.08. The van der Waals surface area contributed by atoms with Gasteiger partial charge in [0.05, 0.1) is 11.3 Å². The average molecular weight is 220 g/mol. The van der Waals surface area contributed by atoms with Gasteiger partial charge in [-0.25, -0.2) is 9.78 Å². The van der Waals surface area contributed by atoms with Crippen LogP contribution >= 0.6 is 0 Å². The third-order valence-corrected chi connectivity index (χ3v) is 2.23. The number of hydrogen-bond donors (Lipinski definition) is 2. The fourth-order valence-corrected chi connectivity index (χ4v) is 1.43. The quantitative estimate of drug-likeness (QED) is 0.748. The molecule has 0 bridgehead atoms. The van der Waals surface area contributed by atoms with E-state index in [1.807, 2.05) is 13.0 Å². The molecule has 0 aliphatic heterocycles. The average Bonchev–Trinajstić information content (AvgIpc) is 2.17. The number of pyridine rings is 1. The molecule has 4 heteroatoms. The van der Waals surface area contributed by atoms with Gasteiger partial charge in [-0.05, 0) is 32.4 Å². The molecule has 1 unspecified atom stereocenters. The third-order valence-electron chi connectivity index (χ3n) is 2.23. The van der Waals surface area contributed by atoms with Crippen molar-refractivity contribution < 1.29 is 9.90 Å². The van der Waals surface area contributed by atoms with E-state index in [1.54, 1.807) is 19.1 Å². The lowest BCUT2D eigenvalue weighted by Crippen LogP contribution is -2.15. The molecule has 0 radical (unpaired) electrons. The molecule has 1 aromatic rings. The van der Waals surface area contributed by atoms with Crippen LogP contribution in [0.5, 0.6) is 0 Å². The highest BCUT2D eigenvalue weighted by Gasteiger charge is 2.09. The molecule has 1 heterocycles. The molecule has 2 N–H and O–H groups in total. The van der Waals surface area contributed by atoms with Gasteiger partial charge in [-0.3, -0.25) is 0 Å². The molecule has 0 amide bonds. The molecule has 0 aliphatic carbocycles. The number of rotatable bonds is 5. The molecule has 0 fully saturated rings. The fourth-order valence-electron chi connectivity index (χ4n) is 1.43. The van der Waals surface area contributed by atoms with Gasteiger partial charge >= 0.3 is 5.97 Å². The van der Waals surface area contributed by atoms with Crippen molar-refractivity contribution in [3.8, 4) is 0 Å². The summed E-state index contributed by atoms with van der Waals surface area (Å²) in [7, 11) is 0. The molecule has 0 aromatic carbocycles. The Labute approximate surface area is 95.0 Å². The second kappa shape index (κ2) is 5.30. The molecule has 86 valence electrons. The van der Waals surface area contributed by atoms with Gasteiger partial charge in [0.2, 0.25) is 0 Å². The van der Waals surface area contributed by atoms with Gasteiger partial charge in [0.15, 0.2) is 0 Å². The smallest absolute Gasteiger partial charge is 0.337 e. The van der Waals surface area contributed by atoms with E-state index >= 15 is 0 Å². The number of anilines is 1. The summed E-state index contributed by atoms with van der Waals surface area (Å²) >= 11 is 0. The monoisotopic (exact) mass is 220 g/mol. The summed E-state index contributed by atoms with van der Waals surface area (Å²) in [5.74, 6) is -0.257. The first-order valence-electron chi connectivity index (χ1n) is 5.13. The van der Waals surface area contributed by atoms with E-state index in [9.17, 15) is 4.79 Å². The molecule has 1 atom stereocenters. The maximum Gasteiger partial charge on any atom is 0.337 e. The molecule has 0 aliphatic rings. The van der Waals surface area contributed by atoms with Crippen molar-refractivity contribution in [3.05, 3.63) is 36.0 Å². The Morgan fingerprint density at radius 2 is 2.38 bits per heavy atom. The Morgan fingerprint density at radius 1 is 1.69 bits per heavy atom. The first kappa shape index (κ1) is 12.2. The largest absolute Gasteiger partial charge is 0.478 e. The van der Waals surface area contributed by atoms with Gasteiger partial charge in [0.25, 0.3) is 0 Å². The van der Waals surface area contributed by atoms with Crippen LogP contribution in [0.25, 0.3) is 0 Å². The lowest BCUT2D eigenvalue weighted by atomic mass is 10.2. The molecular formula is C12H16N2O2. The van der Waals surface area contributed by atoms with Crippen molar-refractivity contribution in [2.45, 2.75) is 26.3 Å². The highest BCUT2D eigenvalue weighted by Crippen LogP contribution is 2.12.